The molecule has 2 heterocycles. The Balaban J connectivity index is 2.65. The van der Waals surface area contributed by atoms with E-state index in [9.17, 15) is 0 Å². The molecule has 0 fully saturated rings. The zero-order chi connectivity index (χ0) is 8.06. The van der Waals surface area contributed by atoms with Crippen molar-refractivity contribution in [2.75, 3.05) is 12.8 Å². The first-order valence-corrected chi connectivity index (χ1v) is 3.29. The molecular formula is C6H10N5+. The number of anilines is 1. The molecule has 4 N–H and O–H groups in total. The lowest BCUT2D eigenvalue weighted by Crippen LogP contribution is -2.55. The van der Waals surface area contributed by atoms with Crippen LogP contribution < -0.4 is 16.3 Å². The summed E-state index contributed by atoms with van der Waals surface area (Å²) in [5, 5.41) is 4.03. The molecule has 0 amide bonds. The molecule has 1 aliphatic rings. The van der Waals surface area contributed by atoms with E-state index in [4.69, 9.17) is 11.6 Å². The van der Waals surface area contributed by atoms with Crippen molar-refractivity contribution in [2.45, 2.75) is 0 Å². The summed E-state index contributed by atoms with van der Waals surface area (Å²) in [6.45, 7) is 0. The average Bonchev–Trinajstić information content (AvgIpc) is 2.39. The highest BCUT2D eigenvalue weighted by Crippen LogP contribution is 2.19. The lowest BCUT2D eigenvalue weighted by molar-refractivity contribution is 0.226. The fourth-order valence-corrected chi connectivity index (χ4v) is 1.15. The Morgan fingerprint density at radius 1 is 1.64 bits per heavy atom. The van der Waals surface area contributed by atoms with Crippen molar-refractivity contribution in [3.63, 3.8) is 0 Å². The van der Waals surface area contributed by atoms with E-state index in [2.05, 4.69) is 5.10 Å². The normalized spacial score (nSPS) is 27.5. The van der Waals surface area contributed by atoms with Gasteiger partial charge in [0.05, 0.1) is 11.9 Å². The Hall–Kier alpha value is -1.33. The molecule has 58 valence electrons. The molecule has 0 saturated carbocycles. The highest BCUT2D eigenvalue weighted by molar-refractivity contribution is 5.63. The minimum Gasteiger partial charge on any atom is -0.395 e. The standard InChI is InChI=1S/C6H10N5/c1-11(8)3-2-6-5(7)4-9-10(6)11/h2-4H,7-8H2,1H3/q+1. The Morgan fingerprint density at radius 2 is 2.36 bits per heavy atom. The molecule has 0 spiro atoms. The minimum absolute atomic E-state index is 0.118. The van der Waals surface area contributed by atoms with Gasteiger partial charge >= 0.3 is 0 Å². The van der Waals surface area contributed by atoms with E-state index in [1.165, 1.54) is 0 Å². The number of quaternary nitrogens is 1. The Labute approximate surface area is 64.0 Å². The number of aromatic nitrogens is 2. The summed E-state index contributed by atoms with van der Waals surface area (Å²) in [7, 11) is 1.82. The van der Waals surface area contributed by atoms with Crippen LogP contribution in [0.5, 0.6) is 0 Å². The lowest BCUT2D eigenvalue weighted by atomic mass is 10.4. The van der Waals surface area contributed by atoms with E-state index in [1.807, 2.05) is 19.3 Å². The van der Waals surface area contributed by atoms with Gasteiger partial charge in [0.15, 0.2) is 0 Å². The van der Waals surface area contributed by atoms with Gasteiger partial charge in [0.1, 0.15) is 18.9 Å². The quantitative estimate of drug-likeness (QED) is 0.385. The molecule has 1 aromatic rings. The maximum Gasteiger partial charge on any atom is 0.148 e. The molecule has 2 rings (SSSR count). The summed E-state index contributed by atoms with van der Waals surface area (Å²) in [5.74, 6) is 5.80. The number of fused-ring (bicyclic) bond motifs is 1. The summed E-state index contributed by atoms with van der Waals surface area (Å²) >= 11 is 0. The largest absolute Gasteiger partial charge is 0.395 e. The van der Waals surface area contributed by atoms with Gasteiger partial charge in [-0.25, -0.2) is 0 Å². The van der Waals surface area contributed by atoms with Crippen LogP contribution in [0.3, 0.4) is 0 Å². The summed E-state index contributed by atoms with van der Waals surface area (Å²) in [5.41, 5.74) is 7.14. The van der Waals surface area contributed by atoms with Crippen LogP contribution in [-0.4, -0.2) is 16.9 Å². The predicted octanol–water partition coefficient (Wildman–Crippen LogP) is -0.608. The Bertz CT molecular complexity index is 322. The van der Waals surface area contributed by atoms with Crippen molar-refractivity contribution in [3.05, 3.63) is 18.1 Å². The van der Waals surface area contributed by atoms with Gasteiger partial charge in [-0.2, -0.15) is 0 Å². The molecule has 5 nitrogen and oxygen atoms in total. The van der Waals surface area contributed by atoms with E-state index < -0.39 is 0 Å². The Morgan fingerprint density at radius 3 is 3.00 bits per heavy atom. The number of nitrogens with two attached hydrogens (primary N) is 2. The molecular weight excluding hydrogens is 142 g/mol. The summed E-state index contributed by atoms with van der Waals surface area (Å²) < 4.78 is 0.118. The van der Waals surface area contributed by atoms with Gasteiger partial charge < -0.3 is 5.73 Å². The molecule has 0 aromatic carbocycles. The maximum absolute atomic E-state index is 5.80. The molecule has 1 unspecified atom stereocenters. The van der Waals surface area contributed by atoms with E-state index >= 15 is 0 Å². The molecule has 11 heavy (non-hydrogen) atoms. The smallest absolute Gasteiger partial charge is 0.148 e. The van der Waals surface area contributed by atoms with Crippen molar-refractivity contribution < 1.29 is 0 Å². The van der Waals surface area contributed by atoms with Crippen LogP contribution in [0.2, 0.25) is 0 Å². The van der Waals surface area contributed by atoms with Crippen molar-refractivity contribution >= 4 is 11.8 Å². The highest BCUT2D eigenvalue weighted by Gasteiger charge is 2.27. The van der Waals surface area contributed by atoms with Crippen LogP contribution in [0.1, 0.15) is 5.69 Å². The van der Waals surface area contributed by atoms with Crippen molar-refractivity contribution in [3.8, 4) is 0 Å². The molecule has 0 bridgehead atoms. The monoisotopic (exact) mass is 152 g/mol. The fourth-order valence-electron chi connectivity index (χ4n) is 1.15. The third-order valence-electron chi connectivity index (χ3n) is 1.76. The van der Waals surface area contributed by atoms with Crippen LogP contribution >= 0.6 is 0 Å². The van der Waals surface area contributed by atoms with E-state index in [1.54, 1.807) is 11.0 Å². The second-order valence-corrected chi connectivity index (χ2v) is 2.79. The number of hydrogen-bond donors (Lipinski definition) is 2. The van der Waals surface area contributed by atoms with Crippen LogP contribution in [0.4, 0.5) is 5.69 Å². The van der Waals surface area contributed by atoms with Crippen molar-refractivity contribution in [1.29, 1.82) is 0 Å². The van der Waals surface area contributed by atoms with Crippen molar-refractivity contribution in [1.82, 2.24) is 14.6 Å². The first kappa shape index (κ1) is 6.38. The summed E-state index contributed by atoms with van der Waals surface area (Å²) in [4.78, 5) is 1.65. The van der Waals surface area contributed by atoms with Crippen LogP contribution in [0, 0.1) is 0 Å². The first-order chi connectivity index (χ1) is 5.11. The molecule has 1 aliphatic heterocycles. The molecule has 1 aromatic heterocycles. The van der Waals surface area contributed by atoms with Gasteiger partial charge in [0, 0.05) is 6.08 Å². The SMILES string of the molecule is C[N+]1(N)C=Cc2c(N)cnn21. The van der Waals surface area contributed by atoms with Crippen LogP contribution in [0.25, 0.3) is 6.08 Å². The lowest BCUT2D eigenvalue weighted by Gasteiger charge is -2.17. The van der Waals surface area contributed by atoms with E-state index in [-0.39, 0.29) is 4.70 Å². The molecule has 0 saturated heterocycles. The second kappa shape index (κ2) is 1.63. The number of nitrogens with zero attached hydrogens (tertiary/aromatic N) is 3. The van der Waals surface area contributed by atoms with Crippen LogP contribution in [0.15, 0.2) is 12.4 Å². The zero-order valence-electron chi connectivity index (χ0n) is 6.23. The van der Waals surface area contributed by atoms with Gasteiger partial charge in [0.25, 0.3) is 0 Å². The van der Waals surface area contributed by atoms with Gasteiger partial charge in [-0.1, -0.05) is 4.79 Å². The second-order valence-electron chi connectivity index (χ2n) is 2.79. The van der Waals surface area contributed by atoms with E-state index in [0.717, 1.165) is 5.69 Å². The highest BCUT2D eigenvalue weighted by atomic mass is 15.9. The van der Waals surface area contributed by atoms with Gasteiger partial charge in [0.2, 0.25) is 0 Å². The van der Waals surface area contributed by atoms with Crippen LogP contribution in [-0.2, 0) is 0 Å². The predicted molar refractivity (Wildman–Crippen MR) is 43.3 cm³/mol. The zero-order valence-corrected chi connectivity index (χ0v) is 6.23. The van der Waals surface area contributed by atoms with Gasteiger partial charge in [-0.15, -0.1) is 15.6 Å². The minimum atomic E-state index is 0.118. The first-order valence-electron chi connectivity index (χ1n) is 3.29. The molecule has 5 heteroatoms. The summed E-state index contributed by atoms with van der Waals surface area (Å²) in [6.07, 6.45) is 5.28. The van der Waals surface area contributed by atoms with Gasteiger partial charge in [-0.3, -0.25) is 0 Å². The average molecular weight is 152 g/mol. The van der Waals surface area contributed by atoms with Gasteiger partial charge in [-0.05, 0) is 0 Å². The Kier molecular flexibility index (Phi) is 0.948. The third-order valence-corrected chi connectivity index (χ3v) is 1.76. The molecule has 1 atom stereocenters. The number of hydrogen-bond acceptors (Lipinski definition) is 3. The number of nitrogen functional groups attached to an aromatic ring is 1. The molecule has 0 aliphatic carbocycles. The number of rotatable bonds is 0. The topological polar surface area (TPSA) is 69.9 Å². The maximum atomic E-state index is 5.80. The van der Waals surface area contributed by atoms with E-state index in [0.29, 0.717) is 5.69 Å². The van der Waals surface area contributed by atoms with Crippen molar-refractivity contribution in [2.24, 2.45) is 5.84 Å². The third kappa shape index (κ3) is 0.688. The fraction of sp³-hybridized carbons (Fsp3) is 0.167. The summed E-state index contributed by atoms with van der Waals surface area (Å²) in [6, 6.07) is 0. The molecule has 0 radical (unpaired) electrons.